The Hall–Kier alpha value is -2.16. The summed E-state index contributed by atoms with van der Waals surface area (Å²) in [4.78, 5) is 26.8. The molecule has 4 rings (SSSR count). The summed E-state index contributed by atoms with van der Waals surface area (Å²) in [5.74, 6) is 1.45. The largest absolute Gasteiger partial charge is 0.493 e. The van der Waals surface area contributed by atoms with Gasteiger partial charge in [0.2, 0.25) is 6.79 Å². The van der Waals surface area contributed by atoms with E-state index in [0.717, 1.165) is 27.5 Å². The molecule has 6 nitrogen and oxygen atoms in total. The zero-order valence-electron chi connectivity index (χ0n) is 15.2. The van der Waals surface area contributed by atoms with E-state index in [0.29, 0.717) is 33.6 Å². The van der Waals surface area contributed by atoms with Crippen molar-refractivity contribution >= 4 is 56.5 Å². The Morgan fingerprint density at radius 2 is 2.00 bits per heavy atom. The molecule has 150 valence electrons. The van der Waals surface area contributed by atoms with Gasteiger partial charge in [-0.25, -0.2) is 0 Å². The maximum Gasteiger partial charge on any atom is 0.293 e. The molecule has 2 amide bonds. The van der Waals surface area contributed by atoms with Crippen LogP contribution in [0, 0.1) is 0 Å². The van der Waals surface area contributed by atoms with Crippen LogP contribution in [0.3, 0.4) is 0 Å². The number of nitrogens with zero attached hydrogens (tertiary/aromatic N) is 1. The molecule has 0 aliphatic carbocycles. The van der Waals surface area contributed by atoms with Gasteiger partial charge >= 0.3 is 0 Å². The molecule has 2 aromatic rings. The Morgan fingerprint density at radius 1 is 1.24 bits per heavy atom. The van der Waals surface area contributed by atoms with Crippen molar-refractivity contribution in [1.29, 1.82) is 0 Å². The number of carbonyl (C=O) groups excluding carboxylic acids is 2. The van der Waals surface area contributed by atoms with Crippen molar-refractivity contribution in [2.24, 2.45) is 0 Å². The van der Waals surface area contributed by atoms with Crippen molar-refractivity contribution in [2.75, 3.05) is 13.4 Å². The van der Waals surface area contributed by atoms with Gasteiger partial charge in [0.25, 0.3) is 11.1 Å². The molecular formula is C20H15BrClNO5S. The van der Waals surface area contributed by atoms with E-state index < -0.39 is 0 Å². The predicted molar refractivity (Wildman–Crippen MR) is 114 cm³/mol. The van der Waals surface area contributed by atoms with Crippen LogP contribution < -0.4 is 14.2 Å². The van der Waals surface area contributed by atoms with E-state index in [2.05, 4.69) is 15.9 Å². The monoisotopic (exact) mass is 495 g/mol. The number of hydrogen-bond donors (Lipinski definition) is 0. The fourth-order valence-electron chi connectivity index (χ4n) is 2.92. The van der Waals surface area contributed by atoms with Crippen LogP contribution in [0.4, 0.5) is 4.79 Å². The highest BCUT2D eigenvalue weighted by molar-refractivity contribution is 9.10. The zero-order valence-corrected chi connectivity index (χ0v) is 18.4. The number of imide groups is 1. The molecule has 0 spiro atoms. The van der Waals surface area contributed by atoms with Gasteiger partial charge in [-0.05, 0) is 70.0 Å². The first-order valence-corrected chi connectivity index (χ1v) is 10.7. The average molecular weight is 497 g/mol. The average Bonchev–Trinajstić information content (AvgIpc) is 3.23. The third-order valence-corrected chi connectivity index (χ3v) is 6.18. The normalized spacial score (nSPS) is 16.8. The van der Waals surface area contributed by atoms with E-state index >= 15 is 0 Å². The van der Waals surface area contributed by atoms with Crippen LogP contribution in [0.25, 0.3) is 6.08 Å². The van der Waals surface area contributed by atoms with Crippen LogP contribution >= 0.6 is 39.3 Å². The van der Waals surface area contributed by atoms with Crippen molar-refractivity contribution in [3.8, 4) is 17.2 Å². The van der Waals surface area contributed by atoms with Crippen molar-refractivity contribution < 1.29 is 23.8 Å². The lowest BCUT2D eigenvalue weighted by Crippen LogP contribution is -2.27. The topological polar surface area (TPSA) is 65.1 Å². The first-order valence-electron chi connectivity index (χ1n) is 8.72. The van der Waals surface area contributed by atoms with Gasteiger partial charge in [0, 0.05) is 11.1 Å². The molecule has 1 saturated heterocycles. The number of fused-ring (bicyclic) bond motifs is 1. The Bertz CT molecular complexity index is 1040. The summed E-state index contributed by atoms with van der Waals surface area (Å²) in [6.07, 6.45) is 1.69. The van der Waals surface area contributed by atoms with E-state index in [4.69, 9.17) is 25.8 Å². The Labute approximate surface area is 184 Å². The minimum atomic E-state index is -0.362. The highest BCUT2D eigenvalue weighted by Crippen LogP contribution is 2.39. The first kappa shape index (κ1) is 20.1. The van der Waals surface area contributed by atoms with Crippen LogP contribution in [0.15, 0.2) is 39.7 Å². The maximum absolute atomic E-state index is 12.8. The lowest BCUT2D eigenvalue weighted by atomic mass is 10.1. The summed E-state index contributed by atoms with van der Waals surface area (Å²) < 4.78 is 16.9. The zero-order chi connectivity index (χ0) is 20.5. The Balaban J connectivity index is 1.55. The molecular weight excluding hydrogens is 482 g/mol. The number of halogens is 2. The molecule has 2 aliphatic heterocycles. The van der Waals surface area contributed by atoms with E-state index in [1.807, 2.05) is 25.1 Å². The Morgan fingerprint density at radius 3 is 2.72 bits per heavy atom. The number of benzene rings is 2. The van der Waals surface area contributed by atoms with Crippen LogP contribution in [0.5, 0.6) is 17.2 Å². The number of hydrogen-bond acceptors (Lipinski definition) is 6. The third-order valence-electron chi connectivity index (χ3n) is 4.30. The standard InChI is InChI=1S/C20H15BrClNO5S/c1-2-26-15-4-3-11(5-13(15)21)6-18-19(24)23(20(25)29-18)9-12-7-16-17(8-14(12)22)28-10-27-16/h3-8H,2,9-10H2,1H3/b18-6-. The fourth-order valence-corrected chi connectivity index (χ4v) is 4.48. The Kier molecular flexibility index (Phi) is 5.76. The quantitative estimate of drug-likeness (QED) is 0.512. The summed E-state index contributed by atoms with van der Waals surface area (Å²) in [5.41, 5.74) is 1.40. The molecule has 0 bridgehead atoms. The van der Waals surface area contributed by atoms with Gasteiger partial charge in [0.1, 0.15) is 5.75 Å². The minimum Gasteiger partial charge on any atom is -0.493 e. The number of carbonyl (C=O) groups is 2. The molecule has 2 heterocycles. The van der Waals surface area contributed by atoms with Gasteiger partial charge in [0.05, 0.1) is 22.5 Å². The van der Waals surface area contributed by atoms with Gasteiger partial charge in [-0.1, -0.05) is 17.7 Å². The molecule has 2 aromatic carbocycles. The van der Waals surface area contributed by atoms with Gasteiger partial charge < -0.3 is 14.2 Å². The van der Waals surface area contributed by atoms with E-state index in [1.54, 1.807) is 18.2 Å². The summed E-state index contributed by atoms with van der Waals surface area (Å²) >= 11 is 10.6. The van der Waals surface area contributed by atoms with Gasteiger partial charge in [-0.3, -0.25) is 14.5 Å². The predicted octanol–water partition coefficient (Wildman–Crippen LogP) is 5.47. The molecule has 0 unspecified atom stereocenters. The van der Waals surface area contributed by atoms with Gasteiger partial charge in [-0.2, -0.15) is 0 Å². The summed E-state index contributed by atoms with van der Waals surface area (Å²) in [6, 6.07) is 8.81. The first-order chi connectivity index (χ1) is 14.0. The van der Waals surface area contributed by atoms with E-state index in [9.17, 15) is 9.59 Å². The van der Waals surface area contributed by atoms with Crippen molar-refractivity contribution in [3.05, 3.63) is 55.9 Å². The molecule has 9 heteroatoms. The van der Waals surface area contributed by atoms with Crippen molar-refractivity contribution in [1.82, 2.24) is 4.90 Å². The van der Waals surface area contributed by atoms with E-state index in [1.165, 1.54) is 4.90 Å². The highest BCUT2D eigenvalue weighted by Gasteiger charge is 2.35. The minimum absolute atomic E-state index is 0.0600. The molecule has 0 N–H and O–H groups in total. The summed E-state index contributed by atoms with van der Waals surface area (Å²) in [5, 5.41) is 0.0627. The SMILES string of the molecule is CCOc1ccc(/C=C2\SC(=O)N(Cc3cc4c(cc3Cl)OCO4)C2=O)cc1Br. The highest BCUT2D eigenvalue weighted by atomic mass is 79.9. The van der Waals surface area contributed by atoms with Crippen LogP contribution in [0.2, 0.25) is 5.02 Å². The number of thioether (sulfide) groups is 1. The molecule has 1 fully saturated rings. The van der Waals surface area contributed by atoms with Crippen molar-refractivity contribution in [3.63, 3.8) is 0 Å². The van der Waals surface area contributed by atoms with Gasteiger partial charge in [-0.15, -0.1) is 0 Å². The number of rotatable bonds is 5. The molecule has 2 aliphatic rings. The summed E-state index contributed by atoms with van der Waals surface area (Å²) in [7, 11) is 0. The third kappa shape index (κ3) is 4.10. The van der Waals surface area contributed by atoms with Crippen molar-refractivity contribution in [2.45, 2.75) is 13.5 Å². The fraction of sp³-hybridized carbons (Fsp3) is 0.200. The van der Waals surface area contributed by atoms with Crippen LogP contribution in [0.1, 0.15) is 18.1 Å². The lowest BCUT2D eigenvalue weighted by molar-refractivity contribution is -0.123. The van der Waals surface area contributed by atoms with Crippen LogP contribution in [-0.4, -0.2) is 29.4 Å². The molecule has 0 atom stereocenters. The lowest BCUT2D eigenvalue weighted by Gasteiger charge is -2.14. The van der Waals surface area contributed by atoms with Gasteiger partial charge in [0.15, 0.2) is 11.5 Å². The molecule has 0 radical (unpaired) electrons. The van der Waals surface area contributed by atoms with Crippen LogP contribution in [-0.2, 0) is 11.3 Å². The second-order valence-corrected chi connectivity index (χ2v) is 8.44. The number of ether oxygens (including phenoxy) is 3. The molecule has 0 saturated carbocycles. The second-order valence-electron chi connectivity index (χ2n) is 6.19. The van der Waals surface area contributed by atoms with E-state index in [-0.39, 0.29) is 24.5 Å². The summed E-state index contributed by atoms with van der Waals surface area (Å²) in [6.45, 7) is 2.64. The maximum atomic E-state index is 12.8. The molecule has 0 aromatic heterocycles. The molecule has 29 heavy (non-hydrogen) atoms. The number of amides is 2. The second kappa shape index (κ2) is 8.30. The smallest absolute Gasteiger partial charge is 0.293 e.